The molecule has 0 radical (unpaired) electrons. The predicted molar refractivity (Wildman–Crippen MR) is 66.8 cm³/mol. The van der Waals surface area contributed by atoms with Crippen LogP contribution in [0, 0.1) is 10.1 Å². The molecular weight excluding hydrogens is 290 g/mol. The summed E-state index contributed by atoms with van der Waals surface area (Å²) in [6, 6.07) is 0. The van der Waals surface area contributed by atoms with Gasteiger partial charge in [0, 0.05) is 6.20 Å². The summed E-state index contributed by atoms with van der Waals surface area (Å²) < 4.78 is 5.86. The standard InChI is InChI=1S/C10H8ClN5O4/c1-2-20-10(17)6-3-14-15(4-6)9-7(16(18)19)8(11)12-5-13-9/h3-5H,2H2,1H3. The maximum Gasteiger partial charge on any atom is 0.350 e. The number of nitrogens with zero attached hydrogens (tertiary/aromatic N) is 5. The number of hydrogen-bond acceptors (Lipinski definition) is 7. The lowest BCUT2D eigenvalue weighted by atomic mass is 10.4. The number of esters is 1. The summed E-state index contributed by atoms with van der Waals surface area (Å²) in [4.78, 5) is 29.1. The zero-order valence-corrected chi connectivity index (χ0v) is 10.9. The summed E-state index contributed by atoms with van der Waals surface area (Å²) in [6.45, 7) is 1.88. The molecule has 2 aromatic heterocycles. The molecule has 0 aliphatic carbocycles. The van der Waals surface area contributed by atoms with E-state index in [1.807, 2.05) is 0 Å². The largest absolute Gasteiger partial charge is 0.462 e. The van der Waals surface area contributed by atoms with Crippen LogP contribution in [0.1, 0.15) is 17.3 Å². The summed E-state index contributed by atoms with van der Waals surface area (Å²) in [5, 5.41) is 14.5. The van der Waals surface area contributed by atoms with Crippen LogP contribution in [0.25, 0.3) is 5.82 Å². The van der Waals surface area contributed by atoms with Gasteiger partial charge < -0.3 is 4.74 Å². The van der Waals surface area contributed by atoms with Gasteiger partial charge in [0.25, 0.3) is 0 Å². The number of rotatable bonds is 4. The normalized spacial score (nSPS) is 10.3. The fraction of sp³-hybridized carbons (Fsp3) is 0.200. The molecule has 104 valence electrons. The van der Waals surface area contributed by atoms with E-state index in [9.17, 15) is 14.9 Å². The van der Waals surface area contributed by atoms with Crippen molar-refractivity contribution in [1.29, 1.82) is 0 Å². The lowest BCUT2D eigenvalue weighted by Gasteiger charge is -2.01. The van der Waals surface area contributed by atoms with E-state index in [1.54, 1.807) is 6.92 Å². The van der Waals surface area contributed by atoms with Gasteiger partial charge in [-0.15, -0.1) is 0 Å². The summed E-state index contributed by atoms with van der Waals surface area (Å²) >= 11 is 5.67. The average Bonchev–Trinajstić information content (AvgIpc) is 2.87. The first-order valence-corrected chi connectivity index (χ1v) is 5.79. The molecule has 9 nitrogen and oxygen atoms in total. The van der Waals surface area contributed by atoms with E-state index in [0.717, 1.165) is 11.0 Å². The molecule has 0 spiro atoms. The average molecular weight is 298 g/mol. The first-order valence-electron chi connectivity index (χ1n) is 5.41. The molecule has 0 unspecified atom stereocenters. The Labute approximate surface area is 117 Å². The Hall–Kier alpha value is -2.55. The lowest BCUT2D eigenvalue weighted by Crippen LogP contribution is -2.06. The van der Waals surface area contributed by atoms with E-state index in [-0.39, 0.29) is 23.1 Å². The molecule has 10 heteroatoms. The third-order valence-corrected chi connectivity index (χ3v) is 2.53. The van der Waals surface area contributed by atoms with Crippen molar-refractivity contribution in [2.24, 2.45) is 0 Å². The van der Waals surface area contributed by atoms with Crippen LogP contribution in [-0.4, -0.2) is 37.2 Å². The van der Waals surface area contributed by atoms with Crippen LogP contribution in [-0.2, 0) is 4.74 Å². The predicted octanol–water partition coefficient (Wildman–Crippen LogP) is 1.40. The molecule has 0 amide bonds. The number of hydrogen-bond donors (Lipinski definition) is 0. The minimum absolute atomic E-state index is 0.134. The highest BCUT2D eigenvalue weighted by atomic mass is 35.5. The van der Waals surface area contributed by atoms with Crippen molar-refractivity contribution in [2.75, 3.05) is 6.61 Å². The summed E-state index contributed by atoms with van der Waals surface area (Å²) in [5.41, 5.74) is -0.344. The van der Waals surface area contributed by atoms with Gasteiger partial charge in [-0.3, -0.25) is 10.1 Å². The highest BCUT2D eigenvalue weighted by Crippen LogP contribution is 2.26. The van der Waals surface area contributed by atoms with Crippen LogP contribution < -0.4 is 0 Å². The molecule has 0 N–H and O–H groups in total. The quantitative estimate of drug-likeness (QED) is 0.362. The Bertz CT molecular complexity index is 671. The van der Waals surface area contributed by atoms with E-state index in [1.165, 1.54) is 12.4 Å². The minimum atomic E-state index is -0.719. The first kappa shape index (κ1) is 13.9. The third kappa shape index (κ3) is 2.57. The van der Waals surface area contributed by atoms with Crippen molar-refractivity contribution in [3.05, 3.63) is 39.6 Å². The molecule has 20 heavy (non-hydrogen) atoms. The second kappa shape index (κ2) is 5.61. The van der Waals surface area contributed by atoms with Gasteiger partial charge >= 0.3 is 11.7 Å². The van der Waals surface area contributed by atoms with E-state index in [4.69, 9.17) is 16.3 Å². The smallest absolute Gasteiger partial charge is 0.350 e. The van der Waals surface area contributed by atoms with Gasteiger partial charge in [-0.2, -0.15) is 5.10 Å². The van der Waals surface area contributed by atoms with Gasteiger partial charge in [-0.1, -0.05) is 11.6 Å². The van der Waals surface area contributed by atoms with Crippen LogP contribution in [0.3, 0.4) is 0 Å². The van der Waals surface area contributed by atoms with Crippen molar-refractivity contribution >= 4 is 23.3 Å². The number of carbonyl (C=O) groups is 1. The fourth-order valence-corrected chi connectivity index (χ4v) is 1.63. The topological polar surface area (TPSA) is 113 Å². The fourth-order valence-electron chi connectivity index (χ4n) is 1.43. The van der Waals surface area contributed by atoms with Gasteiger partial charge in [0.1, 0.15) is 6.33 Å². The molecule has 0 bridgehead atoms. The molecule has 2 aromatic rings. The zero-order chi connectivity index (χ0) is 14.7. The maximum absolute atomic E-state index is 11.5. The number of halogens is 1. The van der Waals surface area contributed by atoms with Crippen molar-refractivity contribution in [3.63, 3.8) is 0 Å². The zero-order valence-electron chi connectivity index (χ0n) is 10.2. The lowest BCUT2D eigenvalue weighted by molar-refractivity contribution is -0.385. The van der Waals surface area contributed by atoms with Gasteiger partial charge in [0.05, 0.1) is 23.3 Å². The molecule has 0 aromatic carbocycles. The Balaban J connectivity index is 2.45. The molecule has 2 rings (SSSR count). The summed E-state index contributed by atoms with van der Waals surface area (Å²) in [7, 11) is 0. The van der Waals surface area contributed by atoms with Crippen molar-refractivity contribution in [2.45, 2.75) is 6.92 Å². The van der Waals surface area contributed by atoms with Crippen molar-refractivity contribution in [1.82, 2.24) is 19.7 Å². The second-order valence-electron chi connectivity index (χ2n) is 3.49. The molecule has 0 aliphatic rings. The van der Waals surface area contributed by atoms with Crippen LogP contribution in [0.5, 0.6) is 0 Å². The molecule has 0 saturated carbocycles. The third-order valence-electron chi connectivity index (χ3n) is 2.25. The Morgan fingerprint density at radius 1 is 1.55 bits per heavy atom. The van der Waals surface area contributed by atoms with Gasteiger partial charge in [-0.25, -0.2) is 19.4 Å². The Kier molecular flexibility index (Phi) is 3.89. The SMILES string of the molecule is CCOC(=O)c1cnn(-c2ncnc(Cl)c2[N+](=O)[O-])c1. The van der Waals surface area contributed by atoms with E-state index >= 15 is 0 Å². The number of carbonyl (C=O) groups excluding carboxylic acids is 1. The molecule has 0 fully saturated rings. The Morgan fingerprint density at radius 2 is 2.30 bits per heavy atom. The van der Waals surface area contributed by atoms with Gasteiger partial charge in [-0.05, 0) is 6.92 Å². The molecule has 2 heterocycles. The summed E-state index contributed by atoms with van der Waals surface area (Å²) in [5.74, 6) is -0.716. The maximum atomic E-state index is 11.5. The van der Waals surface area contributed by atoms with Crippen molar-refractivity contribution < 1.29 is 14.5 Å². The van der Waals surface area contributed by atoms with Crippen LogP contribution >= 0.6 is 11.6 Å². The summed E-state index contributed by atoms with van der Waals surface area (Å²) in [6.07, 6.45) is 3.55. The Morgan fingerprint density at radius 3 is 2.95 bits per heavy atom. The van der Waals surface area contributed by atoms with Crippen LogP contribution in [0.2, 0.25) is 5.15 Å². The first-order chi connectivity index (χ1) is 9.54. The van der Waals surface area contributed by atoms with Crippen molar-refractivity contribution in [3.8, 4) is 5.82 Å². The van der Waals surface area contributed by atoms with Crippen LogP contribution in [0.4, 0.5) is 5.69 Å². The molecule has 0 saturated heterocycles. The molecule has 0 atom stereocenters. The highest BCUT2D eigenvalue weighted by Gasteiger charge is 2.24. The van der Waals surface area contributed by atoms with Crippen LogP contribution in [0.15, 0.2) is 18.7 Å². The highest BCUT2D eigenvalue weighted by molar-refractivity contribution is 6.31. The second-order valence-corrected chi connectivity index (χ2v) is 3.85. The van der Waals surface area contributed by atoms with E-state index in [0.29, 0.717) is 0 Å². The number of aromatic nitrogens is 4. The molecule has 0 aliphatic heterocycles. The number of nitro groups is 1. The van der Waals surface area contributed by atoms with Gasteiger partial charge in [0.15, 0.2) is 0 Å². The minimum Gasteiger partial charge on any atom is -0.462 e. The van der Waals surface area contributed by atoms with E-state index in [2.05, 4.69) is 15.1 Å². The molecular formula is C10H8ClN5O4. The van der Waals surface area contributed by atoms with E-state index < -0.39 is 16.6 Å². The number of ether oxygens (including phenoxy) is 1. The monoisotopic (exact) mass is 297 g/mol. The van der Waals surface area contributed by atoms with Gasteiger partial charge in [0.2, 0.25) is 11.0 Å².